The fraction of sp³-hybridized carbons (Fsp3) is 0.350. The van der Waals surface area contributed by atoms with Crippen LogP contribution in [-0.2, 0) is 6.42 Å². The number of methoxy groups -OCH3 is 1. The largest absolute Gasteiger partial charge is 0.496 e. The van der Waals surface area contributed by atoms with Crippen molar-refractivity contribution in [3.63, 3.8) is 0 Å². The third kappa shape index (κ3) is 3.11. The predicted molar refractivity (Wildman–Crippen MR) is 103 cm³/mol. The van der Waals surface area contributed by atoms with Gasteiger partial charge in [0.25, 0.3) is 5.56 Å². The van der Waals surface area contributed by atoms with Crippen LogP contribution in [0.5, 0.6) is 5.75 Å². The third-order valence-corrected chi connectivity index (χ3v) is 6.05. The molecule has 138 valence electrons. The van der Waals surface area contributed by atoms with E-state index in [1.165, 1.54) is 11.3 Å². The van der Waals surface area contributed by atoms with Crippen LogP contribution in [0.3, 0.4) is 0 Å². The Hall–Kier alpha value is -2.69. The molecule has 2 heterocycles. The van der Waals surface area contributed by atoms with Crippen LogP contribution in [0.4, 0.5) is 0 Å². The van der Waals surface area contributed by atoms with Gasteiger partial charge in [0.2, 0.25) is 0 Å². The van der Waals surface area contributed by atoms with E-state index in [-0.39, 0.29) is 24.0 Å². The van der Waals surface area contributed by atoms with Crippen LogP contribution in [0.15, 0.2) is 29.1 Å². The third-order valence-electron chi connectivity index (χ3n) is 5.08. The van der Waals surface area contributed by atoms with Gasteiger partial charge in [0.15, 0.2) is 4.96 Å². The normalized spacial score (nSPS) is 18.4. The van der Waals surface area contributed by atoms with Gasteiger partial charge in [0.05, 0.1) is 24.4 Å². The van der Waals surface area contributed by atoms with Crippen molar-refractivity contribution in [3.8, 4) is 11.8 Å². The van der Waals surface area contributed by atoms with Crippen LogP contribution < -0.4 is 10.3 Å². The highest BCUT2D eigenvalue weighted by atomic mass is 32.1. The van der Waals surface area contributed by atoms with Gasteiger partial charge in [-0.3, -0.25) is 9.20 Å². The topological polar surface area (TPSA) is 87.6 Å². The molecule has 1 fully saturated rings. The number of aliphatic hydroxyl groups excluding tert-OH is 1. The summed E-state index contributed by atoms with van der Waals surface area (Å²) >= 11 is 1.50. The van der Waals surface area contributed by atoms with Gasteiger partial charge in [-0.25, -0.2) is 4.98 Å². The molecule has 0 aliphatic heterocycles. The first kappa shape index (κ1) is 17.7. The summed E-state index contributed by atoms with van der Waals surface area (Å²) in [4.78, 5) is 19.2. The van der Waals surface area contributed by atoms with E-state index in [1.54, 1.807) is 35.8 Å². The van der Waals surface area contributed by atoms with Crippen molar-refractivity contribution in [3.05, 3.63) is 62.0 Å². The number of nitriles is 1. The average molecular weight is 381 g/mol. The van der Waals surface area contributed by atoms with Crippen molar-refractivity contribution < 1.29 is 9.84 Å². The Morgan fingerprint density at radius 1 is 1.44 bits per heavy atom. The van der Waals surface area contributed by atoms with E-state index in [2.05, 4.69) is 11.1 Å². The second kappa shape index (κ2) is 6.80. The lowest BCUT2D eigenvalue weighted by molar-refractivity contribution is 0.273. The molecule has 27 heavy (non-hydrogen) atoms. The minimum absolute atomic E-state index is 0.103. The molecule has 6 nitrogen and oxygen atoms in total. The Bertz CT molecular complexity index is 1130. The molecular formula is C20H19N3O3S. The van der Waals surface area contributed by atoms with E-state index in [9.17, 15) is 9.90 Å². The Morgan fingerprint density at radius 2 is 2.26 bits per heavy atom. The van der Waals surface area contributed by atoms with Crippen molar-refractivity contribution in [2.24, 2.45) is 5.92 Å². The molecule has 3 aromatic rings. The van der Waals surface area contributed by atoms with Crippen LogP contribution in [0.25, 0.3) is 4.96 Å². The molecule has 7 heteroatoms. The van der Waals surface area contributed by atoms with Crippen molar-refractivity contribution in [1.29, 1.82) is 5.26 Å². The lowest BCUT2D eigenvalue weighted by Gasteiger charge is -2.09. The van der Waals surface area contributed by atoms with E-state index in [0.717, 1.165) is 22.6 Å². The zero-order valence-electron chi connectivity index (χ0n) is 15.1. The first-order valence-electron chi connectivity index (χ1n) is 8.75. The van der Waals surface area contributed by atoms with Gasteiger partial charge in [0.1, 0.15) is 5.75 Å². The Kier molecular flexibility index (Phi) is 4.46. The lowest BCUT2D eigenvalue weighted by atomic mass is 10.1. The summed E-state index contributed by atoms with van der Waals surface area (Å²) in [6.45, 7) is 2.15. The maximum Gasteiger partial charge on any atom is 0.258 e. The predicted octanol–water partition coefficient (Wildman–Crippen LogP) is 2.63. The van der Waals surface area contributed by atoms with Crippen LogP contribution in [0, 0.1) is 24.2 Å². The molecule has 0 bridgehead atoms. The molecule has 1 aliphatic rings. The summed E-state index contributed by atoms with van der Waals surface area (Å²) in [7, 11) is 1.58. The number of fused-ring (bicyclic) bond motifs is 1. The van der Waals surface area contributed by atoms with Gasteiger partial charge in [-0.1, -0.05) is 0 Å². The minimum atomic E-state index is -0.103. The van der Waals surface area contributed by atoms with Crippen molar-refractivity contribution in [2.45, 2.75) is 25.7 Å². The SMILES string of the molecule is COc1ccc(C#N)cc1Cc1cc(=O)n2c([C@@H]3C[C@H]3CO)c(C)sc2n1. The molecule has 4 rings (SSSR count). The maximum absolute atomic E-state index is 12.8. The summed E-state index contributed by atoms with van der Waals surface area (Å²) < 4.78 is 7.07. The number of aryl methyl sites for hydroxylation is 1. The van der Waals surface area contributed by atoms with E-state index >= 15 is 0 Å². The van der Waals surface area contributed by atoms with Crippen LogP contribution in [0.2, 0.25) is 0 Å². The zero-order valence-corrected chi connectivity index (χ0v) is 15.9. The second-order valence-corrected chi connectivity index (χ2v) is 8.03. The number of aliphatic hydroxyl groups is 1. The van der Waals surface area contributed by atoms with E-state index < -0.39 is 0 Å². The average Bonchev–Trinajstić information content (AvgIpc) is 3.36. The molecule has 1 saturated carbocycles. The minimum Gasteiger partial charge on any atom is -0.496 e. The van der Waals surface area contributed by atoms with E-state index in [0.29, 0.717) is 28.4 Å². The molecule has 1 aromatic carbocycles. The number of nitrogens with zero attached hydrogens (tertiary/aromatic N) is 3. The maximum atomic E-state index is 12.8. The molecule has 2 aromatic heterocycles. The lowest BCUT2D eigenvalue weighted by Crippen LogP contribution is -2.17. The van der Waals surface area contributed by atoms with Crippen molar-refractivity contribution in [2.75, 3.05) is 13.7 Å². The van der Waals surface area contributed by atoms with Gasteiger partial charge in [-0.05, 0) is 37.5 Å². The molecule has 0 saturated heterocycles. The van der Waals surface area contributed by atoms with Gasteiger partial charge < -0.3 is 9.84 Å². The Labute approximate surface area is 160 Å². The molecular weight excluding hydrogens is 362 g/mol. The first-order chi connectivity index (χ1) is 13.0. The first-order valence-corrected chi connectivity index (χ1v) is 9.57. The number of hydrogen-bond donors (Lipinski definition) is 1. The number of benzene rings is 1. The standard InChI is InChI=1S/C20H19N3O3S/c1-11-19(16-7-14(16)10-24)23-18(25)8-15(22-20(23)27-11)6-13-5-12(9-21)3-4-17(13)26-2/h3-5,8,14,16,24H,6-7,10H2,1-2H3/t14-,16+/m0/s1. The summed E-state index contributed by atoms with van der Waals surface area (Å²) in [5, 5.41) is 18.5. The molecule has 1 N–H and O–H groups in total. The van der Waals surface area contributed by atoms with E-state index in [1.807, 2.05) is 6.92 Å². The smallest absolute Gasteiger partial charge is 0.258 e. The van der Waals surface area contributed by atoms with Crippen molar-refractivity contribution >= 4 is 16.3 Å². The van der Waals surface area contributed by atoms with Crippen LogP contribution >= 0.6 is 11.3 Å². The molecule has 0 radical (unpaired) electrons. The summed E-state index contributed by atoms with van der Waals surface area (Å²) in [5.74, 6) is 1.15. The van der Waals surface area contributed by atoms with Crippen LogP contribution in [0.1, 0.15) is 39.7 Å². The van der Waals surface area contributed by atoms with Crippen LogP contribution in [-0.4, -0.2) is 28.2 Å². The highest BCUT2D eigenvalue weighted by molar-refractivity contribution is 7.17. The number of rotatable bonds is 5. The molecule has 2 atom stereocenters. The molecule has 0 amide bonds. The van der Waals surface area contributed by atoms with E-state index in [4.69, 9.17) is 10.00 Å². The summed E-state index contributed by atoms with van der Waals surface area (Å²) in [6.07, 6.45) is 1.33. The van der Waals surface area contributed by atoms with Crippen molar-refractivity contribution in [1.82, 2.24) is 9.38 Å². The fourth-order valence-electron chi connectivity index (χ4n) is 3.63. The highest BCUT2D eigenvalue weighted by Gasteiger charge is 2.41. The van der Waals surface area contributed by atoms with Gasteiger partial charge in [-0.15, -0.1) is 11.3 Å². The Balaban J connectivity index is 1.75. The number of ether oxygens (including phenoxy) is 1. The highest BCUT2D eigenvalue weighted by Crippen LogP contribution is 2.49. The van der Waals surface area contributed by atoms with Gasteiger partial charge in [0, 0.05) is 41.1 Å². The fourth-order valence-corrected chi connectivity index (χ4v) is 4.69. The number of thiazole rings is 1. The quantitative estimate of drug-likeness (QED) is 0.734. The monoisotopic (exact) mass is 381 g/mol. The van der Waals surface area contributed by atoms with Gasteiger partial charge in [-0.2, -0.15) is 5.26 Å². The Morgan fingerprint density at radius 3 is 2.93 bits per heavy atom. The zero-order chi connectivity index (χ0) is 19.1. The summed E-state index contributed by atoms with van der Waals surface area (Å²) in [5.41, 5.74) is 2.90. The summed E-state index contributed by atoms with van der Waals surface area (Å²) in [6, 6.07) is 8.91. The molecule has 0 spiro atoms. The van der Waals surface area contributed by atoms with Gasteiger partial charge >= 0.3 is 0 Å². The second-order valence-electron chi connectivity index (χ2n) is 6.85. The number of hydrogen-bond acceptors (Lipinski definition) is 6. The molecule has 1 aliphatic carbocycles. The molecule has 0 unspecified atom stereocenters. The number of aromatic nitrogens is 2.